The number of benzene rings is 2. The lowest BCUT2D eigenvalue weighted by Gasteiger charge is -2.32. The molecular weight excluding hydrogens is 360 g/mol. The quantitative estimate of drug-likeness (QED) is 0.740. The molecule has 142 valence electrons. The van der Waals surface area contributed by atoms with Crippen molar-refractivity contribution in [2.75, 3.05) is 16.8 Å². The number of para-hydroxylation sites is 2. The van der Waals surface area contributed by atoms with Crippen LogP contribution in [-0.4, -0.2) is 44.7 Å². The zero-order valence-corrected chi connectivity index (χ0v) is 15.4. The zero-order chi connectivity index (χ0) is 19.7. The van der Waals surface area contributed by atoms with E-state index in [0.717, 1.165) is 5.56 Å². The summed E-state index contributed by atoms with van der Waals surface area (Å²) in [5.74, 6) is 0.597. The minimum Gasteiger partial charge on any atom is -0.479 e. The molecule has 0 radical (unpaired) electrons. The fraction of sp³-hybridized carbons (Fsp3) is 0.211. The predicted octanol–water partition coefficient (Wildman–Crippen LogP) is 1.63. The third-order valence-electron chi connectivity index (χ3n) is 4.40. The highest BCUT2D eigenvalue weighted by atomic mass is 16.5. The Morgan fingerprint density at radius 2 is 2.04 bits per heavy atom. The minimum absolute atomic E-state index is 0.112. The van der Waals surface area contributed by atoms with Gasteiger partial charge in [-0.25, -0.2) is 4.68 Å². The number of nitrogens with one attached hydrogen (secondary N) is 1. The van der Waals surface area contributed by atoms with E-state index in [4.69, 9.17) is 4.74 Å². The van der Waals surface area contributed by atoms with Crippen LogP contribution in [0.5, 0.6) is 5.75 Å². The molecule has 1 atom stereocenters. The van der Waals surface area contributed by atoms with Crippen LogP contribution in [0.2, 0.25) is 0 Å². The van der Waals surface area contributed by atoms with Crippen molar-refractivity contribution in [3.05, 3.63) is 48.5 Å². The van der Waals surface area contributed by atoms with Crippen LogP contribution in [0, 0.1) is 0 Å². The molecule has 1 aliphatic rings. The van der Waals surface area contributed by atoms with Gasteiger partial charge in [0, 0.05) is 18.3 Å². The molecule has 0 saturated carbocycles. The number of rotatable bonds is 4. The third kappa shape index (κ3) is 3.29. The number of carbonyl (C=O) groups excluding carboxylic acids is 2. The van der Waals surface area contributed by atoms with Crippen molar-refractivity contribution < 1.29 is 14.3 Å². The monoisotopic (exact) mass is 378 g/mol. The molecule has 2 heterocycles. The lowest BCUT2D eigenvalue weighted by atomic mass is 10.1. The second kappa shape index (κ2) is 7.10. The molecule has 9 nitrogen and oxygen atoms in total. The highest BCUT2D eigenvalue weighted by molar-refractivity contribution is 6.06. The molecule has 9 heteroatoms. The Kier molecular flexibility index (Phi) is 4.48. The number of carbonyl (C=O) groups is 2. The van der Waals surface area contributed by atoms with Crippen LogP contribution in [0.25, 0.3) is 11.4 Å². The van der Waals surface area contributed by atoms with E-state index in [9.17, 15) is 9.59 Å². The molecule has 0 aliphatic carbocycles. The largest absolute Gasteiger partial charge is 0.479 e. The molecule has 0 saturated heterocycles. The van der Waals surface area contributed by atoms with Crippen LogP contribution >= 0.6 is 0 Å². The van der Waals surface area contributed by atoms with Crippen LogP contribution in [0.4, 0.5) is 11.4 Å². The van der Waals surface area contributed by atoms with E-state index in [1.807, 2.05) is 12.1 Å². The molecule has 28 heavy (non-hydrogen) atoms. The first-order chi connectivity index (χ1) is 13.5. The lowest BCUT2D eigenvalue weighted by Crippen LogP contribution is -2.47. The summed E-state index contributed by atoms with van der Waals surface area (Å²) < 4.78 is 7.15. The summed E-state index contributed by atoms with van der Waals surface area (Å²) in [7, 11) is 1.74. The standard InChI is InChI=1S/C19H18N6O3/c1-12-19(27)25(15-8-3-4-9-16(15)28-12)11-17(26)20-14-7-5-6-13(10-14)18-21-22-23-24(18)2/h3-10,12H,11H2,1-2H3,(H,20,26). The Hall–Kier alpha value is -3.75. The van der Waals surface area contributed by atoms with Gasteiger partial charge in [0.15, 0.2) is 11.9 Å². The van der Waals surface area contributed by atoms with E-state index in [1.54, 1.807) is 55.1 Å². The number of anilines is 2. The molecule has 0 bridgehead atoms. The summed E-state index contributed by atoms with van der Waals surface area (Å²) in [5.41, 5.74) is 1.94. The molecule has 2 amide bonds. The number of fused-ring (bicyclic) bond motifs is 1. The fourth-order valence-corrected chi connectivity index (χ4v) is 3.08. The zero-order valence-electron chi connectivity index (χ0n) is 15.4. The normalized spacial score (nSPS) is 15.7. The van der Waals surface area contributed by atoms with Gasteiger partial charge in [-0.1, -0.05) is 24.3 Å². The minimum atomic E-state index is -0.644. The van der Waals surface area contributed by atoms with E-state index < -0.39 is 6.10 Å². The van der Waals surface area contributed by atoms with Crippen LogP contribution in [0.1, 0.15) is 6.92 Å². The SMILES string of the molecule is CC1Oc2ccccc2N(CC(=O)Nc2cccc(-c3nnnn3C)c2)C1=O. The molecule has 1 aliphatic heterocycles. The van der Waals surface area contributed by atoms with Gasteiger partial charge in [-0.3, -0.25) is 14.5 Å². The first-order valence-corrected chi connectivity index (χ1v) is 8.72. The fourth-order valence-electron chi connectivity index (χ4n) is 3.08. The number of hydrogen-bond acceptors (Lipinski definition) is 6. The highest BCUT2D eigenvalue weighted by Crippen LogP contribution is 2.33. The first kappa shape index (κ1) is 17.7. The predicted molar refractivity (Wildman–Crippen MR) is 102 cm³/mol. The second-order valence-corrected chi connectivity index (χ2v) is 6.41. The summed E-state index contributed by atoms with van der Waals surface area (Å²) in [6.45, 7) is 1.56. The van der Waals surface area contributed by atoms with Crippen molar-refractivity contribution in [2.45, 2.75) is 13.0 Å². The summed E-state index contributed by atoms with van der Waals surface area (Å²) in [4.78, 5) is 26.6. The second-order valence-electron chi connectivity index (χ2n) is 6.41. The maximum Gasteiger partial charge on any atom is 0.268 e. The van der Waals surface area contributed by atoms with Crippen molar-refractivity contribution in [1.29, 1.82) is 0 Å². The van der Waals surface area contributed by atoms with Gasteiger partial charge in [0.25, 0.3) is 5.91 Å². The van der Waals surface area contributed by atoms with Crippen molar-refractivity contribution in [3.8, 4) is 17.1 Å². The maximum atomic E-state index is 12.6. The first-order valence-electron chi connectivity index (χ1n) is 8.72. The number of aryl methyl sites for hydroxylation is 1. The average molecular weight is 378 g/mol. The van der Waals surface area contributed by atoms with E-state index in [1.165, 1.54) is 4.90 Å². The smallest absolute Gasteiger partial charge is 0.268 e. The van der Waals surface area contributed by atoms with Gasteiger partial charge in [0.1, 0.15) is 12.3 Å². The third-order valence-corrected chi connectivity index (χ3v) is 4.40. The number of ether oxygens (including phenoxy) is 1. The van der Waals surface area contributed by atoms with Crippen molar-refractivity contribution in [3.63, 3.8) is 0 Å². The van der Waals surface area contributed by atoms with Gasteiger partial charge in [0.05, 0.1) is 5.69 Å². The summed E-state index contributed by atoms with van der Waals surface area (Å²) in [5, 5.41) is 14.2. The van der Waals surface area contributed by atoms with Gasteiger partial charge in [-0.15, -0.1) is 5.10 Å². The number of nitrogens with zero attached hydrogens (tertiary/aromatic N) is 5. The van der Waals surface area contributed by atoms with Crippen molar-refractivity contribution in [2.24, 2.45) is 7.05 Å². The summed E-state index contributed by atoms with van der Waals surface area (Å²) in [6, 6.07) is 14.4. The number of amides is 2. The van der Waals surface area contributed by atoms with Crippen LogP contribution in [-0.2, 0) is 16.6 Å². The Bertz CT molecular complexity index is 1050. The van der Waals surface area contributed by atoms with Gasteiger partial charge in [0.2, 0.25) is 5.91 Å². The van der Waals surface area contributed by atoms with Crippen LogP contribution in [0.15, 0.2) is 48.5 Å². The van der Waals surface area contributed by atoms with Gasteiger partial charge in [-0.2, -0.15) is 0 Å². The molecular formula is C19H18N6O3. The molecule has 1 unspecified atom stereocenters. The topological polar surface area (TPSA) is 102 Å². The molecule has 0 fully saturated rings. The molecule has 4 rings (SSSR count). The van der Waals surface area contributed by atoms with Gasteiger partial charge < -0.3 is 10.1 Å². The number of aromatic nitrogens is 4. The number of hydrogen-bond donors (Lipinski definition) is 1. The molecule has 0 spiro atoms. The Balaban J connectivity index is 1.52. The van der Waals surface area contributed by atoms with E-state index in [0.29, 0.717) is 22.9 Å². The molecule has 2 aromatic carbocycles. The Morgan fingerprint density at radius 1 is 1.21 bits per heavy atom. The van der Waals surface area contributed by atoms with Gasteiger partial charge >= 0.3 is 0 Å². The summed E-state index contributed by atoms with van der Waals surface area (Å²) >= 11 is 0. The van der Waals surface area contributed by atoms with E-state index in [-0.39, 0.29) is 18.4 Å². The number of tetrazole rings is 1. The van der Waals surface area contributed by atoms with Crippen molar-refractivity contribution >= 4 is 23.2 Å². The average Bonchev–Trinajstić information content (AvgIpc) is 3.11. The van der Waals surface area contributed by atoms with Gasteiger partial charge in [-0.05, 0) is 41.6 Å². The van der Waals surface area contributed by atoms with Crippen LogP contribution in [0.3, 0.4) is 0 Å². The molecule has 3 aromatic rings. The molecule has 1 aromatic heterocycles. The Labute approximate surface area is 160 Å². The summed E-state index contributed by atoms with van der Waals surface area (Å²) in [6.07, 6.45) is -0.644. The Morgan fingerprint density at radius 3 is 2.82 bits per heavy atom. The van der Waals surface area contributed by atoms with E-state index >= 15 is 0 Å². The highest BCUT2D eigenvalue weighted by Gasteiger charge is 2.32. The van der Waals surface area contributed by atoms with Crippen molar-refractivity contribution in [1.82, 2.24) is 20.2 Å². The molecule has 1 N–H and O–H groups in total. The lowest BCUT2D eigenvalue weighted by molar-refractivity contribution is -0.127. The maximum absolute atomic E-state index is 12.6. The van der Waals surface area contributed by atoms with Crippen LogP contribution < -0.4 is 15.0 Å². The van der Waals surface area contributed by atoms with E-state index in [2.05, 4.69) is 20.8 Å².